The van der Waals surface area contributed by atoms with Gasteiger partial charge in [0.25, 0.3) is 0 Å². The van der Waals surface area contributed by atoms with Crippen LogP contribution in [0.3, 0.4) is 0 Å². The average molecular weight is 686 g/mol. The molecule has 1 heterocycles. The number of methoxy groups -OCH3 is 2. The minimum atomic E-state index is -0.576. The smallest absolute Gasteiger partial charge is 0.341 e. The van der Waals surface area contributed by atoms with Crippen LogP contribution in [0, 0.1) is 25.2 Å². The van der Waals surface area contributed by atoms with Crippen molar-refractivity contribution in [2.75, 3.05) is 27.8 Å². The fourth-order valence-corrected chi connectivity index (χ4v) is 4.42. The first kappa shape index (κ1) is 37.2. The highest BCUT2D eigenvalue weighted by Gasteiger charge is 2.19. The molecule has 4 aromatic carbocycles. The molecule has 0 amide bonds. The number of hydrogen-bond donors (Lipinski definition) is 0. The topological polar surface area (TPSA) is 128 Å². The molecular formula is C40H39N5O6. The molecule has 0 unspecified atom stereocenters. The summed E-state index contributed by atoms with van der Waals surface area (Å²) >= 11 is 0. The van der Waals surface area contributed by atoms with E-state index >= 15 is 0 Å². The zero-order chi connectivity index (χ0) is 36.6. The van der Waals surface area contributed by atoms with E-state index in [-0.39, 0.29) is 17.3 Å². The van der Waals surface area contributed by atoms with Crippen molar-refractivity contribution in [3.8, 4) is 40.8 Å². The highest BCUT2D eigenvalue weighted by molar-refractivity contribution is 6.17. The van der Waals surface area contributed by atoms with Crippen LogP contribution in [0.4, 0.5) is 5.69 Å². The second-order valence-electron chi connectivity index (χ2n) is 10.9. The summed E-state index contributed by atoms with van der Waals surface area (Å²) in [6, 6.07) is 31.1. The quantitative estimate of drug-likeness (QED) is 0.0413. The van der Waals surface area contributed by atoms with Crippen molar-refractivity contribution < 1.29 is 28.5 Å². The SMILES string of the molecule is CCN(C)C=Nc1cc(C)c(Oc2ccccc2)cc1C.CO/C=C(/C(=O)OC)c1ccccc1Oc1cc(Oc2ccccc2C#N)ncn1. The summed E-state index contributed by atoms with van der Waals surface area (Å²) < 4.78 is 27.3. The minimum absolute atomic E-state index is 0.184. The Morgan fingerprint density at radius 2 is 1.47 bits per heavy atom. The van der Waals surface area contributed by atoms with Crippen molar-refractivity contribution in [3.05, 3.63) is 132 Å². The number of nitrogens with zero attached hydrogens (tertiary/aromatic N) is 5. The van der Waals surface area contributed by atoms with Crippen LogP contribution in [0.25, 0.3) is 5.57 Å². The molecule has 0 N–H and O–H groups in total. The number of rotatable bonds is 12. The number of aryl methyl sites for hydroxylation is 2. The van der Waals surface area contributed by atoms with Crippen LogP contribution in [0.2, 0.25) is 0 Å². The van der Waals surface area contributed by atoms with Gasteiger partial charge < -0.3 is 28.6 Å². The zero-order valence-corrected chi connectivity index (χ0v) is 29.4. The Labute approximate surface area is 298 Å². The molecule has 5 aromatic rings. The molecule has 1 aromatic heterocycles. The van der Waals surface area contributed by atoms with Gasteiger partial charge in [0.1, 0.15) is 41.0 Å². The number of esters is 1. The van der Waals surface area contributed by atoms with Crippen molar-refractivity contribution in [2.24, 2.45) is 4.99 Å². The van der Waals surface area contributed by atoms with Gasteiger partial charge >= 0.3 is 5.97 Å². The van der Waals surface area contributed by atoms with E-state index in [0.29, 0.717) is 22.6 Å². The lowest BCUT2D eigenvalue weighted by Gasteiger charge is -2.12. The summed E-state index contributed by atoms with van der Waals surface area (Å²) in [7, 11) is 4.72. The first-order valence-electron chi connectivity index (χ1n) is 15.9. The summed E-state index contributed by atoms with van der Waals surface area (Å²) in [5.74, 6) is 2.25. The van der Waals surface area contributed by atoms with Crippen LogP contribution in [0.15, 0.2) is 115 Å². The molecular weight excluding hydrogens is 646 g/mol. The number of nitriles is 1. The van der Waals surface area contributed by atoms with Gasteiger partial charge in [-0.1, -0.05) is 48.5 Å². The van der Waals surface area contributed by atoms with Crippen LogP contribution < -0.4 is 14.2 Å². The van der Waals surface area contributed by atoms with Gasteiger partial charge in [0, 0.05) is 19.2 Å². The molecule has 5 rings (SSSR count). The third kappa shape index (κ3) is 10.7. The Morgan fingerprint density at radius 3 is 2.14 bits per heavy atom. The Kier molecular flexibility index (Phi) is 13.7. The Hall–Kier alpha value is -6.67. The number of para-hydroxylation sites is 3. The fraction of sp³-hybridized carbons (Fsp3) is 0.175. The predicted octanol–water partition coefficient (Wildman–Crippen LogP) is 8.80. The standard InChI is InChI=1S/C22H17N3O5.C18H22N2O/c1-27-13-17(22(26)28-2)16-8-4-6-10-19(16)30-21-11-20(24-14-25-21)29-18-9-5-3-7-15(18)12-23;1-5-20(4)13-19-17-11-15(3)18(12-14(17)2)21-16-9-7-6-8-10-16/h3-11,13-14H,1-2H3;6-13H,5H2,1-4H3/b17-13+;. The van der Waals surface area contributed by atoms with E-state index < -0.39 is 5.97 Å². The summed E-state index contributed by atoms with van der Waals surface area (Å²) in [5, 5.41) is 9.20. The Morgan fingerprint density at radius 1 is 0.824 bits per heavy atom. The van der Waals surface area contributed by atoms with Gasteiger partial charge in [0.2, 0.25) is 11.8 Å². The normalized spacial score (nSPS) is 10.7. The molecule has 0 saturated carbocycles. The predicted molar refractivity (Wildman–Crippen MR) is 196 cm³/mol. The molecule has 0 fully saturated rings. The summed E-state index contributed by atoms with van der Waals surface area (Å²) in [4.78, 5) is 26.8. The van der Waals surface area contributed by atoms with Gasteiger partial charge in [-0.2, -0.15) is 5.26 Å². The maximum absolute atomic E-state index is 12.1. The van der Waals surface area contributed by atoms with Crippen LogP contribution >= 0.6 is 0 Å². The lowest BCUT2D eigenvalue weighted by atomic mass is 10.1. The number of ether oxygens (including phenoxy) is 5. The van der Waals surface area contributed by atoms with E-state index in [9.17, 15) is 10.1 Å². The molecule has 0 aliphatic heterocycles. The third-order valence-corrected chi connectivity index (χ3v) is 7.23. The maximum Gasteiger partial charge on any atom is 0.341 e. The summed E-state index contributed by atoms with van der Waals surface area (Å²) in [6.45, 7) is 7.13. The van der Waals surface area contributed by atoms with E-state index in [1.54, 1.807) is 48.5 Å². The maximum atomic E-state index is 12.1. The van der Waals surface area contributed by atoms with Crippen molar-refractivity contribution in [1.29, 1.82) is 5.26 Å². The molecule has 0 aliphatic carbocycles. The van der Waals surface area contributed by atoms with Crippen molar-refractivity contribution in [2.45, 2.75) is 20.8 Å². The largest absolute Gasteiger partial charge is 0.503 e. The number of benzene rings is 4. The highest BCUT2D eigenvalue weighted by Crippen LogP contribution is 2.33. The van der Waals surface area contributed by atoms with Gasteiger partial charge in [-0.25, -0.2) is 19.8 Å². The third-order valence-electron chi connectivity index (χ3n) is 7.23. The number of carbonyl (C=O) groups excluding carboxylic acids is 1. The molecule has 51 heavy (non-hydrogen) atoms. The Balaban J connectivity index is 0.000000244. The molecule has 11 nitrogen and oxygen atoms in total. The minimum Gasteiger partial charge on any atom is -0.503 e. The van der Waals surface area contributed by atoms with Crippen LogP contribution in [-0.4, -0.2) is 55.0 Å². The first-order chi connectivity index (χ1) is 24.8. The second kappa shape index (κ2) is 18.8. The number of hydrogen-bond acceptors (Lipinski definition) is 10. The molecule has 0 aliphatic rings. The van der Waals surface area contributed by atoms with E-state index in [4.69, 9.17) is 23.7 Å². The van der Waals surface area contributed by atoms with Gasteiger partial charge in [-0.3, -0.25) is 0 Å². The van der Waals surface area contributed by atoms with Gasteiger partial charge in [0.15, 0.2) is 0 Å². The van der Waals surface area contributed by atoms with Crippen LogP contribution in [0.5, 0.6) is 34.8 Å². The molecule has 11 heteroatoms. The van der Waals surface area contributed by atoms with Gasteiger partial charge in [-0.05, 0) is 74.4 Å². The number of aromatic nitrogens is 2. The number of aliphatic imine (C=N–C) groups is 1. The van der Waals surface area contributed by atoms with E-state index in [1.165, 1.54) is 32.9 Å². The van der Waals surface area contributed by atoms with Crippen molar-refractivity contribution >= 4 is 23.6 Å². The Bertz CT molecular complexity index is 2020. The van der Waals surface area contributed by atoms with Crippen LogP contribution in [0.1, 0.15) is 29.2 Å². The molecule has 260 valence electrons. The number of carbonyl (C=O) groups is 1. The highest BCUT2D eigenvalue weighted by atomic mass is 16.5. The molecule has 0 spiro atoms. The molecule has 0 bridgehead atoms. The van der Waals surface area contributed by atoms with Gasteiger partial charge in [0.05, 0.1) is 44.1 Å². The average Bonchev–Trinajstić information content (AvgIpc) is 3.15. The van der Waals surface area contributed by atoms with E-state index in [1.807, 2.05) is 61.6 Å². The molecule has 0 radical (unpaired) electrons. The summed E-state index contributed by atoms with van der Waals surface area (Å²) in [5.41, 5.74) is 4.18. The first-order valence-corrected chi connectivity index (χ1v) is 15.9. The molecule has 0 saturated heterocycles. The second-order valence-corrected chi connectivity index (χ2v) is 10.9. The summed E-state index contributed by atoms with van der Waals surface area (Å²) in [6.07, 6.45) is 4.41. The monoisotopic (exact) mass is 685 g/mol. The molecule has 0 atom stereocenters. The van der Waals surface area contributed by atoms with E-state index in [0.717, 1.165) is 34.9 Å². The lowest BCUT2D eigenvalue weighted by molar-refractivity contribution is -0.133. The van der Waals surface area contributed by atoms with Crippen LogP contribution in [-0.2, 0) is 14.3 Å². The fourth-order valence-electron chi connectivity index (χ4n) is 4.42. The zero-order valence-electron chi connectivity index (χ0n) is 29.4. The van der Waals surface area contributed by atoms with Gasteiger partial charge in [-0.15, -0.1) is 0 Å². The van der Waals surface area contributed by atoms with E-state index in [2.05, 4.69) is 40.9 Å². The van der Waals surface area contributed by atoms with Crippen molar-refractivity contribution in [1.82, 2.24) is 14.9 Å². The lowest BCUT2D eigenvalue weighted by Crippen LogP contribution is -2.14. The van der Waals surface area contributed by atoms with Crippen molar-refractivity contribution in [3.63, 3.8) is 0 Å².